The molecule has 0 fully saturated rings. The molecule has 41 heavy (non-hydrogen) atoms. The van der Waals surface area contributed by atoms with Crippen LogP contribution < -0.4 is 9.64 Å². The molecule has 6 heteroatoms. The maximum atomic E-state index is 12.6. The van der Waals surface area contributed by atoms with Crippen LogP contribution in [0.2, 0.25) is 5.02 Å². The quantitative estimate of drug-likeness (QED) is 0.134. The highest BCUT2D eigenvalue weighted by Gasteiger charge is 2.15. The van der Waals surface area contributed by atoms with Gasteiger partial charge in [-0.2, -0.15) is 0 Å². The molecule has 0 bridgehead atoms. The van der Waals surface area contributed by atoms with Crippen LogP contribution in [0.15, 0.2) is 54.1 Å². The average Bonchev–Trinajstić information content (AvgIpc) is 3.48. The number of unbranched alkanes of at least 4 members (excludes halogenated alkanes) is 13. The maximum absolute atomic E-state index is 12.6. The van der Waals surface area contributed by atoms with Crippen LogP contribution in [0.4, 0.5) is 5.69 Å². The summed E-state index contributed by atoms with van der Waals surface area (Å²) in [5.74, 6) is 1.69. The summed E-state index contributed by atoms with van der Waals surface area (Å²) >= 11 is 8.37. The minimum absolute atomic E-state index is 0.00743. The minimum atomic E-state index is 0.00743. The summed E-state index contributed by atoms with van der Waals surface area (Å²) in [5.41, 5.74) is 3.07. The second-order valence-corrected chi connectivity index (χ2v) is 12.6. The average molecular weight is 599 g/mol. The van der Waals surface area contributed by atoms with E-state index in [2.05, 4.69) is 35.6 Å². The van der Waals surface area contributed by atoms with Gasteiger partial charge >= 0.3 is 0 Å². The van der Waals surface area contributed by atoms with Gasteiger partial charge in [0.2, 0.25) is 5.91 Å². The number of thioether (sulfide) groups is 1. The van der Waals surface area contributed by atoms with Gasteiger partial charge in [-0.3, -0.25) is 4.79 Å². The van der Waals surface area contributed by atoms with Crippen molar-refractivity contribution in [1.82, 2.24) is 4.90 Å². The Morgan fingerprint density at radius 1 is 0.878 bits per heavy atom. The zero-order chi connectivity index (χ0) is 29.1. The van der Waals surface area contributed by atoms with Crippen LogP contribution in [0.3, 0.4) is 0 Å². The van der Waals surface area contributed by atoms with Gasteiger partial charge < -0.3 is 14.5 Å². The van der Waals surface area contributed by atoms with E-state index in [1.165, 1.54) is 89.0 Å². The van der Waals surface area contributed by atoms with E-state index in [1.807, 2.05) is 30.3 Å². The lowest BCUT2D eigenvalue weighted by Gasteiger charge is -2.23. The van der Waals surface area contributed by atoms with E-state index < -0.39 is 0 Å². The first-order chi connectivity index (χ1) is 20.1. The monoisotopic (exact) mass is 598 g/mol. The molecule has 2 aromatic rings. The number of carbonyl (C=O) groups excluding carboxylic acids is 1. The predicted octanol–water partition coefficient (Wildman–Crippen LogP) is 10.7. The first-order valence-corrected chi connectivity index (χ1v) is 17.3. The zero-order valence-electron chi connectivity index (χ0n) is 25.4. The van der Waals surface area contributed by atoms with Gasteiger partial charge in [0.15, 0.2) is 0 Å². The summed E-state index contributed by atoms with van der Waals surface area (Å²) in [6, 6.07) is 14.1. The summed E-state index contributed by atoms with van der Waals surface area (Å²) in [5, 5.41) is 2.71. The van der Waals surface area contributed by atoms with E-state index >= 15 is 0 Å². The van der Waals surface area contributed by atoms with Crippen LogP contribution in [0.1, 0.15) is 115 Å². The Bertz CT molecular complexity index is 1060. The van der Waals surface area contributed by atoms with Crippen molar-refractivity contribution in [3.8, 4) is 5.75 Å². The van der Waals surface area contributed by atoms with Crippen LogP contribution in [-0.2, 0) is 17.9 Å². The SMILES string of the molecule is CCCCCCCCCCCCCCCCOc1ccc(CN(C(C)=O)c2cccc(CN3C=CSC3)c2)cc1Cl. The molecular weight excluding hydrogens is 548 g/mol. The Balaban J connectivity index is 1.32. The Labute approximate surface area is 258 Å². The smallest absolute Gasteiger partial charge is 0.224 e. The summed E-state index contributed by atoms with van der Waals surface area (Å²) in [7, 11) is 0. The third-order valence-electron chi connectivity index (χ3n) is 7.69. The highest BCUT2D eigenvalue weighted by Crippen LogP contribution is 2.28. The van der Waals surface area contributed by atoms with Crippen molar-refractivity contribution in [3.63, 3.8) is 0 Å². The molecule has 0 aliphatic carbocycles. The highest BCUT2D eigenvalue weighted by molar-refractivity contribution is 8.02. The molecule has 3 rings (SSSR count). The van der Waals surface area contributed by atoms with Gasteiger partial charge in [0.1, 0.15) is 5.75 Å². The van der Waals surface area contributed by atoms with E-state index in [0.717, 1.165) is 35.8 Å². The number of halogens is 1. The predicted molar refractivity (Wildman–Crippen MR) is 178 cm³/mol. The summed E-state index contributed by atoms with van der Waals surface area (Å²) in [6.45, 7) is 5.89. The molecule has 0 unspecified atom stereocenters. The van der Waals surface area contributed by atoms with Gasteiger partial charge in [0.05, 0.1) is 24.1 Å². The van der Waals surface area contributed by atoms with Crippen molar-refractivity contribution in [3.05, 3.63) is 70.2 Å². The number of hydrogen-bond donors (Lipinski definition) is 0. The third-order valence-corrected chi connectivity index (χ3v) is 8.78. The van der Waals surface area contributed by atoms with Crippen LogP contribution in [-0.4, -0.2) is 23.3 Å². The van der Waals surface area contributed by atoms with Gasteiger partial charge in [0.25, 0.3) is 0 Å². The summed E-state index contributed by atoms with van der Waals surface area (Å²) < 4.78 is 5.99. The van der Waals surface area contributed by atoms with Crippen molar-refractivity contribution in [1.29, 1.82) is 0 Å². The molecule has 1 amide bonds. The molecule has 226 valence electrons. The first kappa shape index (κ1) is 33.4. The fourth-order valence-corrected chi connectivity index (χ4v) is 6.24. The number of amides is 1. The lowest BCUT2D eigenvalue weighted by Crippen LogP contribution is -2.28. The molecule has 1 aliphatic rings. The Morgan fingerprint density at radius 3 is 2.12 bits per heavy atom. The maximum Gasteiger partial charge on any atom is 0.224 e. The standard InChI is InChI=1S/C35H51ClN2O2S/c1-3-4-5-6-7-8-9-10-11-12-13-14-15-16-23-40-35-21-20-32(26-34(35)36)28-38(30(2)39)33-19-17-18-31(25-33)27-37-22-24-41-29-37/h17-22,24-26H,3-16,23,27-29H2,1-2H3. The second-order valence-electron chi connectivity index (χ2n) is 11.3. The van der Waals surface area contributed by atoms with Crippen molar-refractivity contribution in [2.45, 2.75) is 117 Å². The molecule has 1 aliphatic heterocycles. The van der Waals surface area contributed by atoms with E-state index in [9.17, 15) is 4.79 Å². The Hall–Kier alpha value is -2.11. The summed E-state index contributed by atoms with van der Waals surface area (Å²) in [4.78, 5) is 16.6. The van der Waals surface area contributed by atoms with E-state index in [1.54, 1.807) is 23.6 Å². The number of carbonyl (C=O) groups is 1. The molecule has 0 saturated carbocycles. The van der Waals surface area contributed by atoms with Gasteiger partial charge in [-0.25, -0.2) is 0 Å². The van der Waals surface area contributed by atoms with Gasteiger partial charge in [-0.15, -0.1) is 11.8 Å². The van der Waals surface area contributed by atoms with Crippen molar-refractivity contribution in [2.24, 2.45) is 0 Å². The molecule has 0 atom stereocenters. The fraction of sp³-hybridized carbons (Fsp3) is 0.571. The second kappa shape index (κ2) is 19.9. The van der Waals surface area contributed by atoms with Gasteiger partial charge in [-0.1, -0.05) is 120 Å². The number of benzene rings is 2. The Kier molecular flexibility index (Phi) is 16.2. The molecule has 0 radical (unpaired) electrons. The van der Waals surface area contributed by atoms with Crippen LogP contribution in [0.5, 0.6) is 5.75 Å². The highest BCUT2D eigenvalue weighted by atomic mass is 35.5. The molecule has 0 spiro atoms. The zero-order valence-corrected chi connectivity index (χ0v) is 27.0. The fourth-order valence-electron chi connectivity index (χ4n) is 5.27. The molecule has 0 saturated heterocycles. The first-order valence-electron chi connectivity index (χ1n) is 15.9. The van der Waals surface area contributed by atoms with E-state index in [-0.39, 0.29) is 5.91 Å². The van der Waals surface area contributed by atoms with Crippen molar-refractivity contribution < 1.29 is 9.53 Å². The normalized spacial score (nSPS) is 12.7. The molecule has 4 nitrogen and oxygen atoms in total. The molecule has 1 heterocycles. The van der Waals surface area contributed by atoms with E-state index in [0.29, 0.717) is 18.2 Å². The van der Waals surface area contributed by atoms with Crippen LogP contribution in [0, 0.1) is 0 Å². The topological polar surface area (TPSA) is 32.8 Å². The lowest BCUT2D eigenvalue weighted by molar-refractivity contribution is -0.116. The number of hydrogen-bond acceptors (Lipinski definition) is 4. The Morgan fingerprint density at radius 2 is 1.54 bits per heavy atom. The molecule has 0 aromatic heterocycles. The van der Waals surface area contributed by atoms with Crippen molar-refractivity contribution in [2.75, 3.05) is 17.4 Å². The largest absolute Gasteiger partial charge is 0.492 e. The minimum Gasteiger partial charge on any atom is -0.492 e. The number of ether oxygens (including phenoxy) is 1. The van der Waals surface area contributed by atoms with Gasteiger partial charge in [-0.05, 0) is 47.2 Å². The van der Waals surface area contributed by atoms with Crippen molar-refractivity contribution >= 4 is 35.0 Å². The van der Waals surface area contributed by atoms with Crippen LogP contribution in [0.25, 0.3) is 0 Å². The lowest BCUT2D eigenvalue weighted by atomic mass is 10.0. The molecule has 2 aromatic carbocycles. The van der Waals surface area contributed by atoms with E-state index in [4.69, 9.17) is 16.3 Å². The molecular formula is C35H51ClN2O2S. The van der Waals surface area contributed by atoms with Crippen LogP contribution >= 0.6 is 23.4 Å². The molecule has 0 N–H and O–H groups in total. The number of anilines is 1. The number of nitrogens with zero attached hydrogens (tertiary/aromatic N) is 2. The third kappa shape index (κ3) is 13.2. The van der Waals surface area contributed by atoms with Gasteiger partial charge in [0, 0.05) is 25.4 Å². The summed E-state index contributed by atoms with van der Waals surface area (Å²) in [6.07, 6.45) is 21.0. The number of rotatable bonds is 21.